The van der Waals surface area contributed by atoms with Gasteiger partial charge in [0.25, 0.3) is 0 Å². The van der Waals surface area contributed by atoms with Gasteiger partial charge in [-0.3, -0.25) is 9.98 Å². The lowest BCUT2D eigenvalue weighted by atomic mass is 10.1. The summed E-state index contributed by atoms with van der Waals surface area (Å²) in [6, 6.07) is 24.9. The van der Waals surface area contributed by atoms with E-state index in [9.17, 15) is 0 Å². The second kappa shape index (κ2) is 8.25. The Bertz CT molecular complexity index is 762. The van der Waals surface area contributed by atoms with Crippen LogP contribution in [0.3, 0.4) is 0 Å². The van der Waals surface area contributed by atoms with Crippen molar-refractivity contribution in [3.63, 3.8) is 0 Å². The summed E-state index contributed by atoms with van der Waals surface area (Å²) < 4.78 is 0. The topological polar surface area (TPSA) is 40.5 Å². The lowest BCUT2D eigenvalue weighted by Gasteiger charge is -2.05. The van der Waals surface area contributed by atoms with Crippen LogP contribution in [0.1, 0.15) is 48.4 Å². The number of benzene rings is 2. The van der Waals surface area contributed by atoms with Crippen molar-refractivity contribution in [2.75, 3.05) is 0 Å². The number of nitrogens with one attached hydrogen (secondary N) is 1. The lowest BCUT2D eigenvalue weighted by Crippen LogP contribution is -1.92. The Hall–Kier alpha value is -2.94. The van der Waals surface area contributed by atoms with Crippen molar-refractivity contribution in [2.45, 2.75) is 25.9 Å². The van der Waals surface area contributed by atoms with Crippen LogP contribution in [-0.4, -0.2) is 17.4 Å². The molecule has 0 bridgehead atoms. The van der Waals surface area contributed by atoms with Crippen LogP contribution in [-0.2, 0) is 0 Å². The molecule has 3 aromatic rings. The van der Waals surface area contributed by atoms with Crippen LogP contribution in [0.2, 0.25) is 0 Å². The van der Waals surface area contributed by atoms with E-state index in [-0.39, 0.29) is 12.1 Å². The summed E-state index contributed by atoms with van der Waals surface area (Å²) in [5, 5.41) is 0. The predicted octanol–water partition coefficient (Wildman–Crippen LogP) is 5.37. The Kier molecular flexibility index (Phi) is 5.57. The number of H-pyrrole nitrogens is 1. The minimum absolute atomic E-state index is 0.139. The van der Waals surface area contributed by atoms with Crippen molar-refractivity contribution >= 4 is 12.4 Å². The Morgan fingerprint density at radius 2 is 1.04 bits per heavy atom. The lowest BCUT2D eigenvalue weighted by molar-refractivity contribution is 0.824. The summed E-state index contributed by atoms with van der Waals surface area (Å²) in [4.78, 5) is 12.6. The van der Waals surface area contributed by atoms with E-state index < -0.39 is 0 Å². The number of aliphatic imine (C=N–C) groups is 2. The maximum absolute atomic E-state index is 4.62. The maximum atomic E-state index is 4.62. The highest BCUT2D eigenvalue weighted by Gasteiger charge is 2.02. The van der Waals surface area contributed by atoms with Gasteiger partial charge in [0.15, 0.2) is 0 Å². The van der Waals surface area contributed by atoms with Gasteiger partial charge in [0, 0.05) is 12.4 Å². The monoisotopic (exact) mass is 329 g/mol. The molecule has 0 saturated heterocycles. The van der Waals surface area contributed by atoms with Crippen molar-refractivity contribution in [3.05, 3.63) is 95.3 Å². The summed E-state index contributed by atoms with van der Waals surface area (Å²) >= 11 is 0. The third-order valence-electron chi connectivity index (χ3n) is 4.17. The highest BCUT2D eigenvalue weighted by Crippen LogP contribution is 2.16. The average molecular weight is 329 g/mol. The van der Waals surface area contributed by atoms with E-state index in [2.05, 4.69) is 53.1 Å². The predicted molar refractivity (Wildman–Crippen MR) is 106 cm³/mol. The molecule has 0 fully saturated rings. The zero-order valence-electron chi connectivity index (χ0n) is 14.6. The van der Waals surface area contributed by atoms with Crippen LogP contribution in [0.25, 0.3) is 0 Å². The van der Waals surface area contributed by atoms with Gasteiger partial charge in [-0.15, -0.1) is 0 Å². The second-order valence-electron chi connectivity index (χ2n) is 6.10. The number of nitrogens with zero attached hydrogens (tertiary/aromatic N) is 2. The smallest absolute Gasteiger partial charge is 0.0721 e. The molecule has 126 valence electrons. The zero-order valence-corrected chi connectivity index (χ0v) is 14.6. The van der Waals surface area contributed by atoms with Crippen LogP contribution >= 0.6 is 0 Å². The third kappa shape index (κ3) is 4.77. The fourth-order valence-electron chi connectivity index (χ4n) is 2.60. The molecule has 2 atom stereocenters. The first-order valence-corrected chi connectivity index (χ1v) is 8.57. The van der Waals surface area contributed by atoms with E-state index in [0.29, 0.717) is 0 Å². The van der Waals surface area contributed by atoms with Crippen molar-refractivity contribution in [3.8, 4) is 0 Å². The van der Waals surface area contributed by atoms with Gasteiger partial charge in [0.05, 0.1) is 23.5 Å². The largest absolute Gasteiger partial charge is 0.353 e. The Labute approximate surface area is 149 Å². The number of rotatable bonds is 6. The first kappa shape index (κ1) is 16.9. The van der Waals surface area contributed by atoms with Crippen molar-refractivity contribution in [1.29, 1.82) is 0 Å². The molecule has 1 N–H and O–H groups in total. The highest BCUT2D eigenvalue weighted by atomic mass is 14.8. The molecule has 3 rings (SSSR count). The summed E-state index contributed by atoms with van der Waals surface area (Å²) in [6.07, 6.45) is 3.77. The van der Waals surface area contributed by atoms with Gasteiger partial charge in [-0.1, -0.05) is 60.7 Å². The Morgan fingerprint density at radius 1 is 0.640 bits per heavy atom. The van der Waals surface area contributed by atoms with E-state index >= 15 is 0 Å². The standard InChI is InChI=1S/C22H23N3/c1-17(19-9-5-3-6-10-19)23-15-21-13-14-22(25-21)16-24-18(2)20-11-7-4-8-12-20/h3-18,25H,1-2H3/t17-,18-/m0/s1. The summed E-state index contributed by atoms with van der Waals surface area (Å²) in [5.74, 6) is 0. The Balaban J connectivity index is 1.62. The molecular weight excluding hydrogens is 306 g/mol. The molecular formula is C22H23N3. The summed E-state index contributed by atoms with van der Waals surface area (Å²) in [7, 11) is 0. The van der Waals surface area contributed by atoms with E-state index in [0.717, 1.165) is 11.4 Å². The zero-order chi connectivity index (χ0) is 17.5. The van der Waals surface area contributed by atoms with Crippen LogP contribution < -0.4 is 0 Å². The molecule has 25 heavy (non-hydrogen) atoms. The first-order chi connectivity index (χ1) is 12.2. The van der Waals surface area contributed by atoms with E-state index in [1.807, 2.05) is 61.0 Å². The SMILES string of the molecule is C[C@H](N=Cc1ccc(C=N[C@@H](C)c2ccccc2)[nH]1)c1ccccc1. The molecule has 0 radical (unpaired) electrons. The van der Waals surface area contributed by atoms with E-state index in [1.54, 1.807) is 0 Å². The average Bonchev–Trinajstić information content (AvgIpc) is 3.13. The molecule has 1 heterocycles. The van der Waals surface area contributed by atoms with Gasteiger partial charge < -0.3 is 4.98 Å². The van der Waals surface area contributed by atoms with E-state index in [1.165, 1.54) is 11.1 Å². The molecule has 0 spiro atoms. The number of aromatic nitrogens is 1. The molecule has 0 aliphatic rings. The maximum Gasteiger partial charge on any atom is 0.0721 e. The molecule has 3 heteroatoms. The normalized spacial score (nSPS) is 14.2. The van der Waals surface area contributed by atoms with Crippen LogP contribution in [0.5, 0.6) is 0 Å². The molecule has 0 amide bonds. The summed E-state index contributed by atoms with van der Waals surface area (Å²) in [5.41, 5.74) is 4.39. The second-order valence-corrected chi connectivity index (χ2v) is 6.10. The minimum Gasteiger partial charge on any atom is -0.353 e. The van der Waals surface area contributed by atoms with Gasteiger partial charge in [0.2, 0.25) is 0 Å². The fourth-order valence-corrected chi connectivity index (χ4v) is 2.60. The van der Waals surface area contributed by atoms with Gasteiger partial charge in [-0.2, -0.15) is 0 Å². The molecule has 0 aliphatic heterocycles. The molecule has 0 saturated carbocycles. The number of hydrogen-bond donors (Lipinski definition) is 1. The van der Waals surface area contributed by atoms with Crippen molar-refractivity contribution < 1.29 is 0 Å². The quantitative estimate of drug-likeness (QED) is 0.590. The Morgan fingerprint density at radius 3 is 1.44 bits per heavy atom. The van der Waals surface area contributed by atoms with Crippen LogP contribution in [0.4, 0.5) is 0 Å². The number of hydrogen-bond acceptors (Lipinski definition) is 2. The fraction of sp³-hybridized carbons (Fsp3) is 0.182. The molecule has 3 nitrogen and oxygen atoms in total. The van der Waals surface area contributed by atoms with Gasteiger partial charge in [0.1, 0.15) is 0 Å². The summed E-state index contributed by atoms with van der Waals surface area (Å²) in [6.45, 7) is 4.19. The molecule has 2 aromatic carbocycles. The molecule has 0 aliphatic carbocycles. The third-order valence-corrected chi connectivity index (χ3v) is 4.17. The van der Waals surface area contributed by atoms with E-state index in [4.69, 9.17) is 0 Å². The number of aromatic amines is 1. The van der Waals surface area contributed by atoms with Crippen LogP contribution in [0, 0.1) is 0 Å². The molecule has 1 aromatic heterocycles. The highest BCUT2D eigenvalue weighted by molar-refractivity contribution is 5.83. The van der Waals surface area contributed by atoms with Crippen molar-refractivity contribution in [1.82, 2.24) is 4.98 Å². The van der Waals surface area contributed by atoms with Gasteiger partial charge in [-0.25, -0.2) is 0 Å². The van der Waals surface area contributed by atoms with Crippen molar-refractivity contribution in [2.24, 2.45) is 9.98 Å². The molecule has 0 unspecified atom stereocenters. The van der Waals surface area contributed by atoms with Gasteiger partial charge >= 0.3 is 0 Å². The first-order valence-electron chi connectivity index (χ1n) is 8.57. The minimum atomic E-state index is 0.139. The van der Waals surface area contributed by atoms with Gasteiger partial charge in [-0.05, 0) is 37.1 Å². The van der Waals surface area contributed by atoms with Crippen LogP contribution in [0.15, 0.2) is 82.8 Å².